The highest BCUT2D eigenvalue weighted by atomic mass is 16.5. The summed E-state index contributed by atoms with van der Waals surface area (Å²) in [6, 6.07) is 1.63. The zero-order valence-electron chi connectivity index (χ0n) is 12.3. The second-order valence-corrected chi connectivity index (χ2v) is 6.00. The average molecular weight is 293 g/mol. The van der Waals surface area contributed by atoms with Crippen molar-refractivity contribution in [3.8, 4) is 0 Å². The molecule has 1 saturated heterocycles. The summed E-state index contributed by atoms with van der Waals surface area (Å²) in [7, 11) is 0. The summed E-state index contributed by atoms with van der Waals surface area (Å²) in [4.78, 5) is 18.6. The number of morpholine rings is 1. The summed E-state index contributed by atoms with van der Waals surface area (Å²) < 4.78 is 6.79. The summed E-state index contributed by atoms with van der Waals surface area (Å²) in [5.41, 5.74) is 0.845. The molecule has 0 radical (unpaired) electrons. The number of aliphatic hydroxyl groups excluding tert-OH is 1. The van der Waals surface area contributed by atoms with Crippen molar-refractivity contribution in [2.45, 2.75) is 37.8 Å². The first kappa shape index (κ1) is 14.7. The van der Waals surface area contributed by atoms with Gasteiger partial charge in [-0.2, -0.15) is 0 Å². The van der Waals surface area contributed by atoms with Crippen molar-refractivity contribution >= 4 is 0 Å². The molecule has 1 aromatic heterocycles. The molecule has 0 aromatic carbocycles. The Kier molecular flexibility index (Phi) is 4.67. The van der Waals surface area contributed by atoms with Crippen LogP contribution in [-0.2, 0) is 11.3 Å². The van der Waals surface area contributed by atoms with Gasteiger partial charge in [0.25, 0.3) is 5.56 Å². The quantitative estimate of drug-likeness (QED) is 0.840. The molecule has 2 fully saturated rings. The molecule has 1 atom stereocenters. The fraction of sp³-hybridized carbons (Fsp3) is 0.733. The van der Waals surface area contributed by atoms with Crippen LogP contribution in [0.4, 0.5) is 0 Å². The average Bonchev–Trinajstić information content (AvgIpc) is 2.41. The maximum Gasteiger partial charge on any atom is 0.253 e. The largest absolute Gasteiger partial charge is 0.390 e. The first-order valence-electron chi connectivity index (χ1n) is 7.77. The second-order valence-electron chi connectivity index (χ2n) is 6.00. The van der Waals surface area contributed by atoms with Gasteiger partial charge in [0.15, 0.2) is 0 Å². The molecule has 1 aliphatic carbocycles. The molecule has 6 heteroatoms. The van der Waals surface area contributed by atoms with E-state index in [9.17, 15) is 9.90 Å². The third-order valence-corrected chi connectivity index (χ3v) is 4.40. The Morgan fingerprint density at radius 3 is 2.71 bits per heavy atom. The molecule has 6 nitrogen and oxygen atoms in total. The number of aliphatic hydroxyl groups is 1. The molecule has 2 aliphatic rings. The maximum absolute atomic E-state index is 12.1. The predicted molar refractivity (Wildman–Crippen MR) is 78.4 cm³/mol. The molecule has 2 heterocycles. The number of β-amino-alcohol motifs (C(OH)–C–C–N with tert-alkyl or cyclic N) is 1. The summed E-state index contributed by atoms with van der Waals surface area (Å²) >= 11 is 0. The zero-order chi connectivity index (χ0) is 14.7. The molecule has 21 heavy (non-hydrogen) atoms. The Bertz CT molecular complexity index is 521. The van der Waals surface area contributed by atoms with Gasteiger partial charge in [0, 0.05) is 31.6 Å². The van der Waals surface area contributed by atoms with E-state index in [1.165, 1.54) is 11.0 Å². The van der Waals surface area contributed by atoms with Gasteiger partial charge in [0.05, 0.1) is 37.9 Å². The monoisotopic (exact) mass is 293 g/mol. The van der Waals surface area contributed by atoms with Crippen molar-refractivity contribution in [1.29, 1.82) is 0 Å². The van der Waals surface area contributed by atoms with Crippen LogP contribution in [0.15, 0.2) is 17.2 Å². The fourth-order valence-corrected chi connectivity index (χ4v) is 2.87. The van der Waals surface area contributed by atoms with E-state index in [1.807, 2.05) is 0 Å². The highest BCUT2D eigenvalue weighted by Gasteiger charge is 2.22. The number of aromatic nitrogens is 2. The highest BCUT2D eigenvalue weighted by molar-refractivity contribution is 5.09. The highest BCUT2D eigenvalue weighted by Crippen LogP contribution is 2.34. The molecule has 3 rings (SSSR count). The van der Waals surface area contributed by atoms with Crippen LogP contribution in [-0.4, -0.2) is 58.5 Å². The Labute approximate surface area is 124 Å². The van der Waals surface area contributed by atoms with Gasteiger partial charge in [-0.05, 0) is 12.8 Å². The third-order valence-electron chi connectivity index (χ3n) is 4.40. The summed E-state index contributed by atoms with van der Waals surface area (Å²) in [6.45, 7) is 3.97. The minimum atomic E-state index is -0.558. The fourth-order valence-electron chi connectivity index (χ4n) is 2.87. The molecular formula is C15H23N3O3. The molecule has 116 valence electrons. The first-order valence-corrected chi connectivity index (χ1v) is 7.77. The number of ether oxygens (including phenoxy) is 1. The van der Waals surface area contributed by atoms with E-state index in [2.05, 4.69) is 9.88 Å². The van der Waals surface area contributed by atoms with Crippen LogP contribution in [0.1, 0.15) is 30.9 Å². The van der Waals surface area contributed by atoms with E-state index in [4.69, 9.17) is 4.74 Å². The summed E-state index contributed by atoms with van der Waals surface area (Å²) in [5, 5.41) is 10.1. The molecular weight excluding hydrogens is 270 g/mol. The third kappa shape index (κ3) is 3.70. The van der Waals surface area contributed by atoms with Gasteiger partial charge in [-0.1, -0.05) is 6.42 Å². The van der Waals surface area contributed by atoms with Gasteiger partial charge in [-0.25, -0.2) is 4.98 Å². The minimum Gasteiger partial charge on any atom is -0.390 e. The lowest BCUT2D eigenvalue weighted by molar-refractivity contribution is 0.0112. The van der Waals surface area contributed by atoms with Gasteiger partial charge >= 0.3 is 0 Å². The summed E-state index contributed by atoms with van der Waals surface area (Å²) in [6.07, 6.45) is 4.52. The van der Waals surface area contributed by atoms with Crippen LogP contribution in [0.2, 0.25) is 0 Å². The van der Waals surface area contributed by atoms with Crippen molar-refractivity contribution in [1.82, 2.24) is 14.5 Å². The summed E-state index contributed by atoms with van der Waals surface area (Å²) in [5.74, 6) is 0.464. The normalized spacial score (nSPS) is 22.0. The second kappa shape index (κ2) is 6.68. The first-order chi connectivity index (χ1) is 10.2. The van der Waals surface area contributed by atoms with Crippen LogP contribution in [0, 0.1) is 0 Å². The Morgan fingerprint density at radius 2 is 2.10 bits per heavy atom. The van der Waals surface area contributed by atoms with E-state index in [0.717, 1.165) is 31.6 Å². The molecule has 1 unspecified atom stereocenters. The van der Waals surface area contributed by atoms with Gasteiger partial charge in [0.1, 0.15) is 0 Å². The predicted octanol–water partition coefficient (Wildman–Crippen LogP) is 0.204. The van der Waals surface area contributed by atoms with Crippen molar-refractivity contribution in [2.24, 2.45) is 0 Å². The molecule has 1 N–H and O–H groups in total. The van der Waals surface area contributed by atoms with E-state index in [-0.39, 0.29) is 5.56 Å². The minimum absolute atomic E-state index is 0.0621. The Balaban J connectivity index is 1.57. The van der Waals surface area contributed by atoms with Gasteiger partial charge in [-0.15, -0.1) is 0 Å². The SMILES string of the molecule is O=c1cc(C2CCC2)ncn1CC(O)CN1CCOCC1. The van der Waals surface area contributed by atoms with Crippen LogP contribution in [0.5, 0.6) is 0 Å². The van der Waals surface area contributed by atoms with E-state index in [0.29, 0.717) is 32.2 Å². The lowest BCUT2D eigenvalue weighted by atomic mass is 9.83. The number of nitrogens with zero attached hydrogens (tertiary/aromatic N) is 3. The van der Waals surface area contributed by atoms with Gasteiger partial charge in [-0.3, -0.25) is 14.3 Å². The maximum atomic E-state index is 12.1. The molecule has 1 aromatic rings. The number of hydrogen-bond donors (Lipinski definition) is 1. The standard InChI is InChI=1S/C15H23N3O3/c19-13(9-17-4-6-21-7-5-17)10-18-11-16-14(8-15(18)20)12-2-1-3-12/h8,11-13,19H,1-7,9-10H2. The van der Waals surface area contributed by atoms with E-state index < -0.39 is 6.10 Å². The van der Waals surface area contributed by atoms with Crippen molar-refractivity contribution in [2.75, 3.05) is 32.8 Å². The molecule has 1 aliphatic heterocycles. The lowest BCUT2D eigenvalue weighted by Gasteiger charge is -2.28. The smallest absolute Gasteiger partial charge is 0.253 e. The van der Waals surface area contributed by atoms with Gasteiger partial charge in [0.2, 0.25) is 0 Å². The van der Waals surface area contributed by atoms with Crippen molar-refractivity contribution in [3.05, 3.63) is 28.4 Å². The molecule has 1 saturated carbocycles. The molecule has 0 amide bonds. The van der Waals surface area contributed by atoms with E-state index in [1.54, 1.807) is 12.4 Å². The zero-order valence-corrected chi connectivity index (χ0v) is 12.3. The van der Waals surface area contributed by atoms with Crippen molar-refractivity contribution < 1.29 is 9.84 Å². The number of rotatable bonds is 5. The van der Waals surface area contributed by atoms with Crippen LogP contribution in [0.25, 0.3) is 0 Å². The topological polar surface area (TPSA) is 67.6 Å². The Morgan fingerprint density at radius 1 is 1.33 bits per heavy atom. The van der Waals surface area contributed by atoms with Crippen LogP contribution < -0.4 is 5.56 Å². The lowest BCUT2D eigenvalue weighted by Crippen LogP contribution is -2.42. The van der Waals surface area contributed by atoms with E-state index >= 15 is 0 Å². The van der Waals surface area contributed by atoms with Crippen molar-refractivity contribution in [3.63, 3.8) is 0 Å². The molecule has 0 bridgehead atoms. The number of hydrogen-bond acceptors (Lipinski definition) is 5. The Hall–Kier alpha value is -1.24. The van der Waals surface area contributed by atoms with Crippen LogP contribution in [0.3, 0.4) is 0 Å². The molecule has 0 spiro atoms. The van der Waals surface area contributed by atoms with Crippen LogP contribution >= 0.6 is 0 Å². The van der Waals surface area contributed by atoms with Gasteiger partial charge < -0.3 is 9.84 Å².